The minimum Gasteiger partial charge on any atom is -0.467 e. The average Bonchev–Trinajstić information content (AvgIpc) is 3.81. The first-order chi connectivity index (χ1) is 21.3. The Morgan fingerprint density at radius 3 is 2.59 bits per heavy atom. The van der Waals surface area contributed by atoms with Crippen LogP contribution in [-0.4, -0.2) is 83.1 Å². The van der Waals surface area contributed by atoms with Gasteiger partial charge in [-0.3, -0.25) is 9.78 Å². The normalized spacial score (nSPS) is 18.4. The number of carbonyl (C=O) groups is 1. The fraction of sp³-hybridized carbons (Fsp3) is 0.394. The number of aromatic nitrogens is 3. The first-order valence-electron chi connectivity index (χ1n) is 15.0. The molecule has 0 aliphatic carbocycles. The third-order valence-electron chi connectivity index (χ3n) is 9.03. The fourth-order valence-electron chi connectivity index (χ4n) is 6.68. The van der Waals surface area contributed by atoms with Crippen LogP contribution in [0.4, 0.5) is 14.6 Å². The van der Waals surface area contributed by atoms with Crippen LogP contribution in [0.25, 0.3) is 32.9 Å². The predicted molar refractivity (Wildman–Crippen MR) is 169 cm³/mol. The summed E-state index contributed by atoms with van der Waals surface area (Å²) in [6.45, 7) is 7.39. The van der Waals surface area contributed by atoms with Gasteiger partial charge in [0.1, 0.15) is 22.8 Å². The smallest absolute Gasteiger partial charge is 0.318 e. The number of nitrogens with zero attached hydrogens (tertiary/aromatic N) is 6. The van der Waals surface area contributed by atoms with Crippen molar-refractivity contribution in [3.63, 3.8) is 0 Å². The van der Waals surface area contributed by atoms with E-state index in [2.05, 4.69) is 26.4 Å². The van der Waals surface area contributed by atoms with E-state index < -0.39 is 11.6 Å². The number of fused-ring (bicyclic) bond motifs is 3. The maximum atomic E-state index is 16.0. The van der Waals surface area contributed by atoms with Crippen molar-refractivity contribution < 1.29 is 18.3 Å². The highest BCUT2D eigenvalue weighted by molar-refractivity contribution is 6.36. The number of methoxy groups -OCH3 is 1. The summed E-state index contributed by atoms with van der Waals surface area (Å²) < 4.78 is 35.6. The Morgan fingerprint density at radius 2 is 1.89 bits per heavy atom. The van der Waals surface area contributed by atoms with Gasteiger partial charge in [0, 0.05) is 49.4 Å². The van der Waals surface area contributed by atoms with Crippen LogP contribution in [0.5, 0.6) is 6.01 Å². The molecule has 1 unspecified atom stereocenters. The van der Waals surface area contributed by atoms with Gasteiger partial charge in [-0.05, 0) is 62.7 Å². The Morgan fingerprint density at radius 1 is 1.11 bits per heavy atom. The molecule has 5 heterocycles. The molecule has 1 amide bonds. The van der Waals surface area contributed by atoms with Crippen LogP contribution in [-0.2, 0) is 4.79 Å². The average molecular weight is 621 g/mol. The van der Waals surface area contributed by atoms with Crippen molar-refractivity contribution in [1.29, 1.82) is 0 Å². The summed E-state index contributed by atoms with van der Waals surface area (Å²) >= 11 is 6.27. The van der Waals surface area contributed by atoms with Crippen molar-refractivity contribution in [2.24, 2.45) is 0 Å². The number of ether oxygens (including phenoxy) is 1. The van der Waals surface area contributed by atoms with E-state index in [0.717, 1.165) is 6.04 Å². The number of anilines is 1. The number of halogens is 3. The zero-order chi connectivity index (χ0) is 31.0. The number of pyridine rings is 1. The second-order valence-electron chi connectivity index (χ2n) is 11.5. The molecular weight excluding hydrogens is 586 g/mol. The zero-order valence-corrected chi connectivity index (χ0v) is 25.7. The Bertz CT molecular complexity index is 1720. The highest BCUT2D eigenvalue weighted by atomic mass is 35.5. The molecule has 2 aromatic carbocycles. The number of hydrogen-bond acceptors (Lipinski definition) is 7. The summed E-state index contributed by atoms with van der Waals surface area (Å²) in [4.78, 5) is 31.4. The third kappa shape index (κ3) is 5.57. The third-order valence-corrected chi connectivity index (χ3v) is 9.40. The molecule has 230 valence electrons. The lowest BCUT2D eigenvalue weighted by Gasteiger charge is -2.27. The standard InChI is InChI=1S/C26H22ClF2N5O2.C7H13N/c1-4-19(35)34-11-10-15(13-34)33(2)25-17-12-30-23(22(29)24(17)31-26(32-25)36-3)16-7-5-6-14-8-9-18(28)21(27)20(14)16;1-3-7-4-2-6-8(7)5-1/h4-9,12,15H,1,10-11,13H2,2-3H3;7H,1-6H2. The molecule has 3 fully saturated rings. The van der Waals surface area contributed by atoms with Gasteiger partial charge < -0.3 is 19.4 Å². The second-order valence-corrected chi connectivity index (χ2v) is 11.9. The largest absolute Gasteiger partial charge is 0.467 e. The van der Waals surface area contributed by atoms with Crippen LogP contribution in [0.1, 0.15) is 32.1 Å². The van der Waals surface area contributed by atoms with Gasteiger partial charge in [0.05, 0.1) is 17.5 Å². The first-order valence-corrected chi connectivity index (χ1v) is 15.3. The van der Waals surface area contributed by atoms with Gasteiger partial charge in [-0.25, -0.2) is 8.78 Å². The number of carbonyl (C=O) groups excluding carboxylic acids is 1. The Kier molecular flexibility index (Phi) is 8.64. The summed E-state index contributed by atoms with van der Waals surface area (Å²) in [5, 5.41) is 1.29. The lowest BCUT2D eigenvalue weighted by Crippen LogP contribution is -2.36. The van der Waals surface area contributed by atoms with E-state index in [1.807, 2.05) is 11.9 Å². The van der Waals surface area contributed by atoms with Gasteiger partial charge in [0.2, 0.25) is 5.91 Å². The van der Waals surface area contributed by atoms with Gasteiger partial charge >= 0.3 is 6.01 Å². The molecule has 44 heavy (non-hydrogen) atoms. The van der Waals surface area contributed by atoms with Crippen molar-refractivity contribution in [2.45, 2.75) is 44.2 Å². The van der Waals surface area contributed by atoms with E-state index in [1.165, 1.54) is 64.2 Å². The van der Waals surface area contributed by atoms with Crippen LogP contribution in [0.2, 0.25) is 5.02 Å². The minimum absolute atomic E-state index is 0.00949. The molecule has 4 aromatic rings. The van der Waals surface area contributed by atoms with E-state index >= 15 is 4.39 Å². The van der Waals surface area contributed by atoms with Crippen molar-refractivity contribution in [1.82, 2.24) is 24.8 Å². The number of likely N-dealkylation sites (N-methyl/N-ethyl adjacent to an activating group) is 1. The van der Waals surface area contributed by atoms with Crippen LogP contribution < -0.4 is 9.64 Å². The van der Waals surface area contributed by atoms with Crippen molar-refractivity contribution in [2.75, 3.05) is 45.2 Å². The zero-order valence-electron chi connectivity index (χ0n) is 24.9. The molecule has 0 radical (unpaired) electrons. The molecule has 2 aromatic heterocycles. The van der Waals surface area contributed by atoms with E-state index in [1.54, 1.807) is 29.2 Å². The van der Waals surface area contributed by atoms with Crippen LogP contribution >= 0.6 is 11.6 Å². The molecule has 11 heteroatoms. The Labute approximate surface area is 260 Å². The van der Waals surface area contributed by atoms with Crippen molar-refractivity contribution in [3.8, 4) is 17.3 Å². The minimum atomic E-state index is -0.703. The van der Waals surface area contributed by atoms with E-state index in [4.69, 9.17) is 16.3 Å². The van der Waals surface area contributed by atoms with Gasteiger partial charge in [0.15, 0.2) is 5.82 Å². The summed E-state index contributed by atoms with van der Waals surface area (Å²) in [6.07, 6.45) is 9.39. The molecule has 8 nitrogen and oxygen atoms in total. The molecule has 7 rings (SSSR count). The fourth-order valence-corrected chi connectivity index (χ4v) is 6.96. The molecule has 0 N–H and O–H groups in total. The van der Waals surface area contributed by atoms with Gasteiger partial charge in [0.25, 0.3) is 0 Å². The highest BCUT2D eigenvalue weighted by Gasteiger charge is 2.31. The molecule has 0 spiro atoms. The maximum Gasteiger partial charge on any atom is 0.318 e. The quantitative estimate of drug-likeness (QED) is 0.244. The number of amides is 1. The van der Waals surface area contributed by atoms with E-state index in [0.29, 0.717) is 47.1 Å². The summed E-state index contributed by atoms with van der Waals surface area (Å²) in [5.74, 6) is -1.02. The summed E-state index contributed by atoms with van der Waals surface area (Å²) in [7, 11) is 3.23. The summed E-state index contributed by atoms with van der Waals surface area (Å²) in [5.41, 5.74) is 0.340. The first kappa shape index (κ1) is 30.1. The lowest BCUT2D eigenvalue weighted by molar-refractivity contribution is -0.125. The summed E-state index contributed by atoms with van der Waals surface area (Å²) in [6, 6.07) is 8.93. The SMILES string of the molecule is C1CC2CCCN2C1.C=CC(=O)N1CCC(N(C)c2nc(OC)nc3c(F)c(-c4cccc5ccc(F)c(Cl)c45)ncc23)C1. The second kappa shape index (κ2) is 12.6. The van der Waals surface area contributed by atoms with E-state index in [-0.39, 0.29) is 34.2 Å². The Balaban J connectivity index is 0.000000367. The molecule has 0 bridgehead atoms. The highest BCUT2D eigenvalue weighted by Crippen LogP contribution is 2.38. The monoisotopic (exact) mass is 620 g/mol. The van der Waals surface area contributed by atoms with Crippen LogP contribution in [0, 0.1) is 11.6 Å². The maximum absolute atomic E-state index is 16.0. The number of hydrogen-bond donors (Lipinski definition) is 0. The Hall–Kier alpha value is -3.89. The number of likely N-dealkylation sites (tertiary alicyclic amines) is 1. The molecule has 3 aliphatic heterocycles. The van der Waals surface area contributed by atoms with Crippen molar-refractivity contribution in [3.05, 3.63) is 65.8 Å². The predicted octanol–water partition coefficient (Wildman–Crippen LogP) is 6.25. The molecule has 3 aliphatic rings. The number of benzene rings is 2. The van der Waals surface area contributed by atoms with Gasteiger partial charge in [-0.1, -0.05) is 42.4 Å². The van der Waals surface area contributed by atoms with Crippen LogP contribution in [0.15, 0.2) is 49.2 Å². The molecular formula is C33H35ClF2N6O2. The van der Waals surface area contributed by atoms with Gasteiger partial charge in [-0.15, -0.1) is 0 Å². The van der Waals surface area contributed by atoms with E-state index in [9.17, 15) is 9.18 Å². The van der Waals surface area contributed by atoms with Crippen LogP contribution in [0.3, 0.4) is 0 Å². The molecule has 0 saturated carbocycles. The topological polar surface area (TPSA) is 74.7 Å². The van der Waals surface area contributed by atoms with Crippen molar-refractivity contribution >= 4 is 45.0 Å². The lowest BCUT2D eigenvalue weighted by atomic mass is 10.0. The molecule has 3 saturated heterocycles. The number of rotatable bonds is 5. The van der Waals surface area contributed by atoms with Gasteiger partial charge in [-0.2, -0.15) is 9.97 Å². The molecule has 1 atom stereocenters.